The van der Waals surface area contributed by atoms with Gasteiger partial charge in [0.1, 0.15) is 0 Å². The minimum atomic E-state index is 0.156. The Morgan fingerprint density at radius 2 is 1.92 bits per heavy atom. The summed E-state index contributed by atoms with van der Waals surface area (Å²) in [6.45, 7) is 11.8. The topological polar surface area (TPSA) is 52.6 Å². The Balaban J connectivity index is 1.53. The monoisotopic (exact) mass is 345 g/mol. The summed E-state index contributed by atoms with van der Waals surface area (Å²) in [5, 5.41) is 8.93. The molecule has 0 unspecified atom stereocenters. The number of carbonyl (C=O) groups excluding carboxylic acids is 1. The van der Waals surface area contributed by atoms with Gasteiger partial charge in [-0.1, -0.05) is 0 Å². The molecule has 2 aliphatic heterocycles. The Hall–Kier alpha value is -1.69. The summed E-state index contributed by atoms with van der Waals surface area (Å²) in [6, 6.07) is 4.85. The third-order valence-electron chi connectivity index (χ3n) is 5.53. The maximum atomic E-state index is 11.4. The average molecular weight is 345 g/mol. The highest BCUT2D eigenvalue weighted by Gasteiger charge is 2.23. The number of piperazine rings is 1. The molecule has 0 spiro atoms. The normalized spacial score (nSPS) is 22.5. The third kappa shape index (κ3) is 4.69. The molecule has 1 aromatic heterocycles. The Labute approximate surface area is 151 Å². The molecule has 2 saturated heterocycles. The fourth-order valence-corrected chi connectivity index (χ4v) is 3.91. The summed E-state index contributed by atoms with van der Waals surface area (Å²) in [6.07, 6.45) is 3.60. The number of rotatable bonds is 4. The minimum absolute atomic E-state index is 0.156. The molecular formula is C19H31N5O. The summed E-state index contributed by atoms with van der Waals surface area (Å²) < 4.78 is 0. The molecule has 1 atom stereocenters. The van der Waals surface area contributed by atoms with E-state index in [4.69, 9.17) is 0 Å². The molecule has 138 valence electrons. The number of carbonyl (C=O) groups is 1. The first-order valence-corrected chi connectivity index (χ1v) is 9.60. The van der Waals surface area contributed by atoms with Crippen LogP contribution in [0.1, 0.15) is 39.3 Å². The van der Waals surface area contributed by atoms with Gasteiger partial charge in [0.25, 0.3) is 0 Å². The van der Waals surface area contributed by atoms with E-state index >= 15 is 0 Å². The van der Waals surface area contributed by atoms with Crippen molar-refractivity contribution in [3.05, 3.63) is 17.8 Å². The van der Waals surface area contributed by atoms with Crippen LogP contribution in [0.25, 0.3) is 0 Å². The van der Waals surface area contributed by atoms with Crippen LogP contribution in [0.3, 0.4) is 0 Å². The second-order valence-corrected chi connectivity index (χ2v) is 7.68. The molecule has 2 fully saturated rings. The van der Waals surface area contributed by atoms with Gasteiger partial charge in [-0.05, 0) is 57.7 Å². The number of amides is 1. The van der Waals surface area contributed by atoms with Gasteiger partial charge in [0.05, 0.1) is 5.69 Å². The van der Waals surface area contributed by atoms with Gasteiger partial charge in [0.15, 0.2) is 5.82 Å². The van der Waals surface area contributed by atoms with E-state index in [0.717, 1.165) is 44.1 Å². The number of aromatic nitrogens is 2. The molecule has 25 heavy (non-hydrogen) atoms. The van der Waals surface area contributed by atoms with Gasteiger partial charge in [-0.15, -0.1) is 5.10 Å². The summed E-state index contributed by atoms with van der Waals surface area (Å²) in [5.41, 5.74) is 1.10. The highest BCUT2D eigenvalue weighted by molar-refractivity contribution is 5.73. The first kappa shape index (κ1) is 18.1. The van der Waals surface area contributed by atoms with Gasteiger partial charge < -0.3 is 14.7 Å². The van der Waals surface area contributed by atoms with E-state index in [1.54, 1.807) is 6.92 Å². The van der Waals surface area contributed by atoms with Crippen molar-refractivity contribution in [2.45, 2.75) is 46.1 Å². The van der Waals surface area contributed by atoms with Crippen molar-refractivity contribution in [3.8, 4) is 0 Å². The van der Waals surface area contributed by atoms with Crippen LogP contribution in [0.2, 0.25) is 0 Å². The average Bonchev–Trinajstić information content (AvgIpc) is 2.63. The van der Waals surface area contributed by atoms with Crippen molar-refractivity contribution in [1.29, 1.82) is 0 Å². The van der Waals surface area contributed by atoms with Gasteiger partial charge >= 0.3 is 0 Å². The Bertz CT molecular complexity index is 566. The van der Waals surface area contributed by atoms with Crippen molar-refractivity contribution in [3.63, 3.8) is 0 Å². The van der Waals surface area contributed by atoms with E-state index in [0.29, 0.717) is 12.0 Å². The van der Waals surface area contributed by atoms with Crippen LogP contribution in [-0.4, -0.2) is 71.2 Å². The fraction of sp³-hybridized carbons (Fsp3) is 0.737. The van der Waals surface area contributed by atoms with E-state index in [-0.39, 0.29) is 5.91 Å². The van der Waals surface area contributed by atoms with Crippen molar-refractivity contribution in [2.75, 3.05) is 44.2 Å². The zero-order chi connectivity index (χ0) is 17.8. The molecule has 0 bridgehead atoms. The van der Waals surface area contributed by atoms with E-state index in [1.807, 2.05) is 4.90 Å². The van der Waals surface area contributed by atoms with Crippen molar-refractivity contribution < 1.29 is 4.79 Å². The second kappa shape index (κ2) is 8.13. The molecule has 6 heteroatoms. The lowest BCUT2D eigenvalue weighted by molar-refractivity contribution is -0.129. The molecule has 0 aliphatic carbocycles. The number of hydrogen-bond acceptors (Lipinski definition) is 5. The van der Waals surface area contributed by atoms with Gasteiger partial charge in [0, 0.05) is 45.7 Å². The Morgan fingerprint density at radius 3 is 2.52 bits per heavy atom. The summed E-state index contributed by atoms with van der Waals surface area (Å²) >= 11 is 0. The maximum Gasteiger partial charge on any atom is 0.219 e. The Morgan fingerprint density at radius 1 is 1.16 bits per heavy atom. The van der Waals surface area contributed by atoms with Crippen LogP contribution in [0.15, 0.2) is 12.1 Å². The number of hydrogen-bond donors (Lipinski definition) is 0. The van der Waals surface area contributed by atoms with Crippen molar-refractivity contribution >= 4 is 11.7 Å². The first-order chi connectivity index (χ1) is 12.0. The van der Waals surface area contributed by atoms with E-state index in [1.165, 1.54) is 25.9 Å². The number of anilines is 1. The predicted molar refractivity (Wildman–Crippen MR) is 99.6 cm³/mol. The Kier molecular flexibility index (Phi) is 5.89. The largest absolute Gasteiger partial charge is 0.352 e. The van der Waals surface area contributed by atoms with E-state index in [9.17, 15) is 4.79 Å². The highest BCUT2D eigenvalue weighted by atomic mass is 16.2. The first-order valence-electron chi connectivity index (χ1n) is 9.60. The molecule has 1 amide bonds. The fourth-order valence-electron chi connectivity index (χ4n) is 3.91. The number of likely N-dealkylation sites (tertiary alicyclic amines) is 1. The van der Waals surface area contributed by atoms with Gasteiger partial charge in [-0.2, -0.15) is 5.10 Å². The summed E-state index contributed by atoms with van der Waals surface area (Å²) in [4.78, 5) is 18.1. The molecule has 2 aliphatic rings. The zero-order valence-electron chi connectivity index (χ0n) is 15.8. The van der Waals surface area contributed by atoms with Crippen LogP contribution in [0, 0.1) is 5.92 Å². The van der Waals surface area contributed by atoms with Crippen molar-refractivity contribution in [1.82, 2.24) is 20.0 Å². The SMILES string of the molecule is CC(=O)N1CCN(c2ccc(C[C@@H]3CCCN(C(C)C)C3)nn2)CC1. The number of nitrogens with zero attached hydrogens (tertiary/aromatic N) is 5. The van der Waals surface area contributed by atoms with Gasteiger partial charge in [0.2, 0.25) is 5.91 Å². The minimum Gasteiger partial charge on any atom is -0.352 e. The highest BCUT2D eigenvalue weighted by Crippen LogP contribution is 2.22. The van der Waals surface area contributed by atoms with Crippen LogP contribution in [0.4, 0.5) is 5.82 Å². The third-order valence-corrected chi connectivity index (χ3v) is 5.53. The molecule has 0 aromatic carbocycles. The lowest BCUT2D eigenvalue weighted by Crippen LogP contribution is -2.48. The van der Waals surface area contributed by atoms with Gasteiger partial charge in [-0.25, -0.2) is 0 Å². The summed E-state index contributed by atoms with van der Waals surface area (Å²) in [7, 11) is 0. The molecule has 3 heterocycles. The standard InChI is InChI=1S/C19H31N5O/c1-15(2)24-8-4-5-17(14-24)13-18-6-7-19(21-20-18)23-11-9-22(10-12-23)16(3)25/h6-7,15,17H,4-5,8-14H2,1-3H3/t17-/m0/s1. The smallest absolute Gasteiger partial charge is 0.219 e. The zero-order valence-corrected chi connectivity index (χ0v) is 15.8. The summed E-state index contributed by atoms with van der Waals surface area (Å²) in [5.74, 6) is 1.78. The molecule has 0 N–H and O–H groups in total. The van der Waals surface area contributed by atoms with Crippen LogP contribution in [-0.2, 0) is 11.2 Å². The molecule has 1 aromatic rings. The second-order valence-electron chi connectivity index (χ2n) is 7.68. The van der Waals surface area contributed by atoms with Crippen molar-refractivity contribution in [2.24, 2.45) is 5.92 Å². The molecular weight excluding hydrogens is 314 g/mol. The molecule has 0 radical (unpaired) electrons. The predicted octanol–water partition coefficient (Wildman–Crippen LogP) is 1.81. The van der Waals surface area contributed by atoms with E-state index < -0.39 is 0 Å². The number of piperidine rings is 1. The van der Waals surface area contributed by atoms with E-state index in [2.05, 4.69) is 46.0 Å². The lowest BCUT2D eigenvalue weighted by Gasteiger charge is -2.35. The molecule has 6 nitrogen and oxygen atoms in total. The van der Waals surface area contributed by atoms with Crippen LogP contribution >= 0.6 is 0 Å². The maximum absolute atomic E-state index is 11.4. The van der Waals surface area contributed by atoms with Gasteiger partial charge in [-0.3, -0.25) is 4.79 Å². The molecule has 3 rings (SSSR count). The van der Waals surface area contributed by atoms with Crippen LogP contribution in [0.5, 0.6) is 0 Å². The lowest BCUT2D eigenvalue weighted by atomic mass is 9.92. The quantitative estimate of drug-likeness (QED) is 0.833. The van der Waals surface area contributed by atoms with Crippen LogP contribution < -0.4 is 4.90 Å². The molecule has 0 saturated carbocycles.